The lowest BCUT2D eigenvalue weighted by Crippen LogP contribution is -2.21. The van der Waals surface area contributed by atoms with Crippen LogP contribution in [0.1, 0.15) is 0 Å². The van der Waals surface area contributed by atoms with Crippen molar-refractivity contribution in [2.75, 3.05) is 7.11 Å². The molecule has 1 aromatic heterocycles. The van der Waals surface area contributed by atoms with Crippen LogP contribution < -0.4 is 16.2 Å². The summed E-state index contributed by atoms with van der Waals surface area (Å²) in [7, 11) is 1.58. The Morgan fingerprint density at radius 1 is 1.17 bits per heavy atom. The molecule has 0 amide bonds. The van der Waals surface area contributed by atoms with E-state index in [4.69, 9.17) is 16.2 Å². The Kier molecular flexibility index (Phi) is 4.35. The Hall–Kier alpha value is -3.06. The summed E-state index contributed by atoms with van der Waals surface area (Å²) in [5.41, 5.74) is 13.1. The molecule has 0 bridgehead atoms. The third-order valence-corrected chi connectivity index (χ3v) is 4.32. The van der Waals surface area contributed by atoms with Gasteiger partial charge in [0, 0.05) is 11.1 Å². The van der Waals surface area contributed by atoms with Gasteiger partial charge in [0.25, 0.3) is 0 Å². The molecule has 122 valence electrons. The number of phenolic OH excluding ortho intramolecular Hbond substituents is 1. The number of thiazole rings is 1. The van der Waals surface area contributed by atoms with Gasteiger partial charge >= 0.3 is 0 Å². The van der Waals surface area contributed by atoms with E-state index in [9.17, 15) is 5.11 Å². The maximum Gasteiger partial charge on any atom is 0.213 e. The van der Waals surface area contributed by atoms with Gasteiger partial charge in [-0.1, -0.05) is 41.7 Å². The molecule has 0 unspecified atom stereocenters. The van der Waals surface area contributed by atoms with Gasteiger partial charge in [-0.05, 0) is 18.2 Å². The predicted octanol–water partition coefficient (Wildman–Crippen LogP) is 3.10. The fraction of sp³-hybridized carbons (Fsp3) is 0.0588. The van der Waals surface area contributed by atoms with Crippen LogP contribution in [0.2, 0.25) is 0 Å². The zero-order chi connectivity index (χ0) is 17.1. The van der Waals surface area contributed by atoms with Crippen LogP contribution in [0.5, 0.6) is 11.5 Å². The molecule has 0 atom stereocenters. The van der Waals surface area contributed by atoms with E-state index < -0.39 is 0 Å². The quantitative estimate of drug-likeness (QED) is 0.500. The molecular weight excluding hydrogens is 324 g/mol. The Labute approximate surface area is 143 Å². The molecule has 0 saturated heterocycles. The van der Waals surface area contributed by atoms with Crippen molar-refractivity contribution < 1.29 is 9.84 Å². The van der Waals surface area contributed by atoms with Crippen molar-refractivity contribution in [3.05, 3.63) is 48.5 Å². The lowest BCUT2D eigenvalue weighted by molar-refractivity contribution is 0.412. The zero-order valence-corrected chi connectivity index (χ0v) is 13.7. The van der Waals surface area contributed by atoms with Crippen LogP contribution >= 0.6 is 11.3 Å². The molecule has 0 saturated carbocycles. The van der Waals surface area contributed by atoms with Gasteiger partial charge < -0.3 is 21.3 Å². The molecule has 5 N–H and O–H groups in total. The largest absolute Gasteiger partial charge is 0.507 e. The maximum atomic E-state index is 10.3. The Morgan fingerprint density at radius 3 is 2.58 bits per heavy atom. The van der Waals surface area contributed by atoms with E-state index in [1.807, 2.05) is 30.3 Å². The summed E-state index contributed by atoms with van der Waals surface area (Å²) < 4.78 is 5.25. The molecule has 0 radical (unpaired) electrons. The number of aliphatic imine (C=N–C) groups is 1. The molecule has 0 aliphatic heterocycles. The van der Waals surface area contributed by atoms with Crippen LogP contribution in [0.15, 0.2) is 53.5 Å². The van der Waals surface area contributed by atoms with Gasteiger partial charge in [0.15, 0.2) is 5.96 Å². The molecule has 6 nitrogen and oxygen atoms in total. The number of aromatic hydroxyl groups is 1. The highest BCUT2D eigenvalue weighted by Crippen LogP contribution is 2.44. The summed E-state index contributed by atoms with van der Waals surface area (Å²) in [6, 6.07) is 14.7. The summed E-state index contributed by atoms with van der Waals surface area (Å²) in [5, 5.41) is 10.7. The van der Waals surface area contributed by atoms with Crippen LogP contribution in [-0.2, 0) is 0 Å². The minimum absolute atomic E-state index is 0.0650. The number of methoxy groups -OCH3 is 1. The first-order chi connectivity index (χ1) is 11.6. The SMILES string of the molecule is COc1ccc(O)c(-c2sc(N=C(N)N)nc2-c2ccccc2)c1. The molecular formula is C17H16N4O2S. The lowest BCUT2D eigenvalue weighted by atomic mass is 10.1. The highest BCUT2D eigenvalue weighted by molar-refractivity contribution is 7.19. The van der Waals surface area contributed by atoms with Crippen LogP contribution in [-0.4, -0.2) is 23.2 Å². The third-order valence-electron chi connectivity index (χ3n) is 3.34. The molecule has 7 heteroatoms. The first kappa shape index (κ1) is 15.8. The molecule has 3 rings (SSSR count). The van der Waals surface area contributed by atoms with Gasteiger partial charge in [-0.2, -0.15) is 4.99 Å². The van der Waals surface area contributed by atoms with Crippen LogP contribution in [0.4, 0.5) is 5.13 Å². The number of ether oxygens (including phenoxy) is 1. The number of guanidine groups is 1. The van der Waals surface area contributed by atoms with Gasteiger partial charge in [-0.15, -0.1) is 0 Å². The number of hydrogen-bond donors (Lipinski definition) is 3. The smallest absolute Gasteiger partial charge is 0.213 e. The molecule has 0 spiro atoms. The third kappa shape index (κ3) is 3.16. The number of aromatic nitrogens is 1. The van der Waals surface area contributed by atoms with Crippen molar-refractivity contribution in [2.45, 2.75) is 0 Å². The number of nitrogens with two attached hydrogens (primary N) is 2. The number of benzene rings is 2. The summed E-state index contributed by atoms with van der Waals surface area (Å²) in [4.78, 5) is 9.31. The van der Waals surface area contributed by atoms with E-state index in [0.29, 0.717) is 22.1 Å². The van der Waals surface area contributed by atoms with Crippen LogP contribution in [0.25, 0.3) is 21.7 Å². The van der Waals surface area contributed by atoms with E-state index in [1.54, 1.807) is 25.3 Å². The highest BCUT2D eigenvalue weighted by atomic mass is 32.1. The standard InChI is InChI=1S/C17H16N4O2S/c1-23-11-7-8-13(22)12(9-11)15-14(10-5-3-2-4-6-10)20-17(24-15)21-16(18)19/h2-9,22H,1H3,(H4,18,19,20,21). The minimum Gasteiger partial charge on any atom is -0.507 e. The van der Waals surface area contributed by atoms with Crippen molar-refractivity contribution in [2.24, 2.45) is 16.5 Å². The van der Waals surface area contributed by atoms with Crippen molar-refractivity contribution in [1.82, 2.24) is 4.98 Å². The summed E-state index contributed by atoms with van der Waals surface area (Å²) >= 11 is 1.29. The number of rotatable bonds is 4. The van der Waals surface area contributed by atoms with Gasteiger partial charge in [-0.25, -0.2) is 4.98 Å². The van der Waals surface area contributed by atoms with Crippen molar-refractivity contribution in [3.63, 3.8) is 0 Å². The topological polar surface area (TPSA) is 107 Å². The number of hydrogen-bond acceptors (Lipinski definition) is 5. The summed E-state index contributed by atoms with van der Waals surface area (Å²) in [5.74, 6) is 0.705. The predicted molar refractivity (Wildman–Crippen MR) is 96.7 cm³/mol. The van der Waals surface area contributed by atoms with Gasteiger partial charge in [0.1, 0.15) is 11.5 Å². The van der Waals surface area contributed by atoms with Crippen molar-refractivity contribution in [1.29, 1.82) is 0 Å². The zero-order valence-electron chi connectivity index (χ0n) is 12.9. The van der Waals surface area contributed by atoms with E-state index in [2.05, 4.69) is 9.98 Å². The number of nitrogens with zero attached hydrogens (tertiary/aromatic N) is 2. The first-order valence-corrected chi connectivity index (χ1v) is 7.93. The second kappa shape index (κ2) is 6.59. The highest BCUT2D eigenvalue weighted by Gasteiger charge is 2.18. The van der Waals surface area contributed by atoms with E-state index in [1.165, 1.54) is 11.3 Å². The van der Waals surface area contributed by atoms with Gasteiger partial charge in [0.2, 0.25) is 5.13 Å². The molecule has 1 heterocycles. The normalized spacial score (nSPS) is 10.4. The van der Waals surface area contributed by atoms with Crippen molar-refractivity contribution in [3.8, 4) is 33.2 Å². The van der Waals surface area contributed by atoms with Gasteiger partial charge in [-0.3, -0.25) is 0 Å². The van der Waals surface area contributed by atoms with Crippen molar-refractivity contribution >= 4 is 22.4 Å². The second-order valence-electron chi connectivity index (χ2n) is 4.96. The fourth-order valence-electron chi connectivity index (χ4n) is 2.27. The number of phenols is 1. The fourth-order valence-corrected chi connectivity index (χ4v) is 3.27. The average Bonchev–Trinajstić information content (AvgIpc) is 2.99. The van der Waals surface area contributed by atoms with E-state index in [-0.39, 0.29) is 11.7 Å². The summed E-state index contributed by atoms with van der Waals surface area (Å²) in [6.45, 7) is 0. The van der Waals surface area contributed by atoms with E-state index in [0.717, 1.165) is 10.4 Å². The molecule has 2 aromatic carbocycles. The molecule has 3 aromatic rings. The lowest BCUT2D eigenvalue weighted by Gasteiger charge is -2.07. The molecule has 24 heavy (non-hydrogen) atoms. The second-order valence-corrected chi connectivity index (χ2v) is 5.94. The van der Waals surface area contributed by atoms with Gasteiger partial charge in [0.05, 0.1) is 17.7 Å². The van der Waals surface area contributed by atoms with Crippen LogP contribution in [0.3, 0.4) is 0 Å². The van der Waals surface area contributed by atoms with Crippen LogP contribution in [0, 0.1) is 0 Å². The Bertz CT molecular complexity index is 887. The Balaban J connectivity index is 2.23. The average molecular weight is 340 g/mol. The maximum absolute atomic E-state index is 10.3. The monoisotopic (exact) mass is 340 g/mol. The molecule has 0 fully saturated rings. The molecule has 0 aliphatic rings. The first-order valence-electron chi connectivity index (χ1n) is 7.11. The molecule has 0 aliphatic carbocycles. The minimum atomic E-state index is -0.0650. The van der Waals surface area contributed by atoms with E-state index >= 15 is 0 Å². The summed E-state index contributed by atoms with van der Waals surface area (Å²) in [6.07, 6.45) is 0. The Morgan fingerprint density at radius 2 is 1.92 bits per heavy atom.